The van der Waals surface area contributed by atoms with Gasteiger partial charge in [-0.1, -0.05) is 12.1 Å². The van der Waals surface area contributed by atoms with E-state index >= 15 is 4.39 Å². The number of nitrogens with zero attached hydrogens (tertiary/aromatic N) is 2. The lowest BCUT2D eigenvalue weighted by Crippen LogP contribution is -2.60. The van der Waals surface area contributed by atoms with Gasteiger partial charge < -0.3 is 19.1 Å². The molecule has 4 unspecified atom stereocenters. The van der Waals surface area contributed by atoms with Crippen molar-refractivity contribution in [1.82, 2.24) is 0 Å². The van der Waals surface area contributed by atoms with Gasteiger partial charge in [-0.25, -0.2) is 4.39 Å². The summed E-state index contributed by atoms with van der Waals surface area (Å²) in [7, 11) is 0. The molecule has 4 rings (SSSR count). The molecule has 0 spiro atoms. The Balaban J connectivity index is 1.51. The average molecular weight is 388 g/mol. The number of anilines is 1. The first-order chi connectivity index (χ1) is 13.6. The molecule has 148 valence electrons. The third-order valence-electron chi connectivity index (χ3n) is 5.72. The van der Waals surface area contributed by atoms with E-state index in [1.54, 1.807) is 29.2 Å². The summed E-state index contributed by atoms with van der Waals surface area (Å²) in [6, 6.07) is 9.09. The first kappa shape index (κ1) is 19.0. The van der Waals surface area contributed by atoms with Crippen molar-refractivity contribution in [1.29, 1.82) is 5.26 Å². The molecule has 3 heterocycles. The maximum atomic E-state index is 15.1. The van der Waals surface area contributed by atoms with Crippen LogP contribution in [0.3, 0.4) is 0 Å². The molecule has 0 radical (unpaired) electrons. The number of carbonyl (C=O) groups excluding carboxylic acids is 2. The minimum Gasteiger partial charge on any atom is -0.370 e. The number of ketones is 2. The summed E-state index contributed by atoms with van der Waals surface area (Å²) in [4.78, 5) is 27.7. The molecule has 4 atom stereocenters. The summed E-state index contributed by atoms with van der Waals surface area (Å²) in [6.07, 6.45) is -1.42. The summed E-state index contributed by atoms with van der Waals surface area (Å²) in [5.74, 6) is -1.99. The molecule has 3 fully saturated rings. The molecule has 0 saturated carbocycles. The fourth-order valence-electron chi connectivity index (χ4n) is 4.04. The van der Waals surface area contributed by atoms with Crippen molar-refractivity contribution < 1.29 is 28.2 Å². The van der Waals surface area contributed by atoms with Gasteiger partial charge in [-0.15, -0.1) is 0 Å². The number of para-hydroxylation sites is 1. The predicted octanol–water partition coefficient (Wildman–Crippen LogP) is 1.39. The van der Waals surface area contributed by atoms with Crippen LogP contribution in [0.2, 0.25) is 0 Å². The lowest BCUT2D eigenvalue weighted by atomic mass is 9.78. The van der Waals surface area contributed by atoms with Gasteiger partial charge in [0.2, 0.25) is 11.4 Å². The molecule has 0 N–H and O–H groups in total. The van der Waals surface area contributed by atoms with Gasteiger partial charge in [0.1, 0.15) is 25.1 Å². The van der Waals surface area contributed by atoms with Crippen molar-refractivity contribution in [3.63, 3.8) is 0 Å². The van der Waals surface area contributed by atoms with Crippen molar-refractivity contribution in [2.24, 2.45) is 5.92 Å². The third kappa shape index (κ3) is 3.09. The lowest BCUT2D eigenvalue weighted by Gasteiger charge is -2.39. The minimum absolute atomic E-state index is 0.0276. The van der Waals surface area contributed by atoms with Gasteiger partial charge in [-0.05, 0) is 18.6 Å². The molecule has 0 aliphatic carbocycles. The highest BCUT2D eigenvalue weighted by atomic mass is 19.1. The van der Waals surface area contributed by atoms with Gasteiger partial charge >= 0.3 is 0 Å². The highest BCUT2D eigenvalue weighted by molar-refractivity contribution is 6.13. The topological polar surface area (TPSA) is 88.9 Å². The monoisotopic (exact) mass is 388 g/mol. The van der Waals surface area contributed by atoms with Gasteiger partial charge in [0.15, 0.2) is 5.78 Å². The Kier molecular flexibility index (Phi) is 5.15. The SMILES string of the molecule is N#Cc1ccccc1N1CCC(C(=O)C2(C(=O)C3CCO3)COCO2)C(F)C1. The van der Waals surface area contributed by atoms with Crippen LogP contribution >= 0.6 is 0 Å². The number of Topliss-reactive ketones (excluding diaryl/α,β-unsaturated/α-hetero) is 2. The normalized spacial score (nSPS) is 32.4. The van der Waals surface area contributed by atoms with Gasteiger partial charge in [-0.2, -0.15) is 5.26 Å². The Hall–Kier alpha value is -2.34. The number of nitriles is 1. The lowest BCUT2D eigenvalue weighted by molar-refractivity contribution is -0.170. The number of carbonyl (C=O) groups is 2. The van der Waals surface area contributed by atoms with Crippen molar-refractivity contribution in [2.45, 2.75) is 30.7 Å². The molecule has 1 aromatic carbocycles. The second-order valence-corrected chi connectivity index (χ2v) is 7.30. The Labute approximate surface area is 162 Å². The number of halogens is 1. The van der Waals surface area contributed by atoms with E-state index < -0.39 is 35.4 Å². The molecule has 7 nitrogen and oxygen atoms in total. The largest absolute Gasteiger partial charge is 0.370 e. The Morgan fingerprint density at radius 2 is 2.04 bits per heavy atom. The molecule has 8 heteroatoms. The Bertz CT molecular complexity index is 813. The minimum atomic E-state index is -1.77. The van der Waals surface area contributed by atoms with E-state index in [0.29, 0.717) is 30.8 Å². The average Bonchev–Trinajstić information content (AvgIpc) is 3.17. The smallest absolute Gasteiger partial charge is 0.213 e. The zero-order valence-corrected chi connectivity index (χ0v) is 15.3. The number of ether oxygens (including phenoxy) is 3. The number of benzene rings is 1. The quantitative estimate of drug-likeness (QED) is 0.705. The summed E-state index contributed by atoms with van der Waals surface area (Å²) < 4.78 is 30.9. The Morgan fingerprint density at radius 3 is 2.64 bits per heavy atom. The van der Waals surface area contributed by atoms with Crippen LogP contribution in [0.4, 0.5) is 10.1 Å². The molecule has 3 aliphatic heterocycles. The molecule has 0 amide bonds. The van der Waals surface area contributed by atoms with E-state index in [-0.39, 0.29) is 26.4 Å². The highest BCUT2D eigenvalue weighted by Crippen LogP contribution is 2.35. The number of alkyl halides is 1. The summed E-state index contributed by atoms with van der Waals surface area (Å²) in [5.41, 5.74) is -0.666. The summed E-state index contributed by atoms with van der Waals surface area (Å²) in [5, 5.41) is 9.27. The van der Waals surface area contributed by atoms with Crippen molar-refractivity contribution in [2.75, 3.05) is 38.0 Å². The van der Waals surface area contributed by atoms with Crippen molar-refractivity contribution in [3.8, 4) is 6.07 Å². The molecule has 28 heavy (non-hydrogen) atoms. The molecule has 3 aliphatic rings. The van der Waals surface area contributed by atoms with Gasteiger partial charge in [0.25, 0.3) is 0 Å². The van der Waals surface area contributed by atoms with Gasteiger partial charge in [0.05, 0.1) is 30.4 Å². The molecular formula is C20H21FN2O5. The molecule has 0 bridgehead atoms. The second-order valence-electron chi connectivity index (χ2n) is 7.30. The standard InChI is InChI=1S/C20H21FN2O5/c21-15-10-23(16-4-2-1-3-13(16)9-22)7-5-14(15)18(24)20(11-26-12-28-20)19(25)17-6-8-27-17/h1-4,14-15,17H,5-8,10-12H2. The maximum absolute atomic E-state index is 15.1. The number of hydrogen-bond acceptors (Lipinski definition) is 7. The highest BCUT2D eigenvalue weighted by Gasteiger charge is 2.57. The third-order valence-corrected chi connectivity index (χ3v) is 5.72. The van der Waals surface area contributed by atoms with Crippen LogP contribution in [0.1, 0.15) is 18.4 Å². The van der Waals surface area contributed by atoms with Gasteiger partial charge in [0, 0.05) is 19.5 Å². The van der Waals surface area contributed by atoms with Crippen LogP contribution in [0.25, 0.3) is 0 Å². The number of rotatable bonds is 5. The first-order valence-electron chi connectivity index (χ1n) is 9.37. The van der Waals surface area contributed by atoms with E-state index in [1.165, 1.54) is 0 Å². The zero-order valence-electron chi connectivity index (χ0n) is 15.3. The maximum Gasteiger partial charge on any atom is 0.213 e. The molecule has 3 saturated heterocycles. The molecule has 1 aromatic rings. The number of piperidine rings is 1. The van der Waals surface area contributed by atoms with Crippen LogP contribution in [0.15, 0.2) is 24.3 Å². The van der Waals surface area contributed by atoms with Crippen LogP contribution in [-0.2, 0) is 23.8 Å². The summed E-state index contributed by atoms with van der Waals surface area (Å²) >= 11 is 0. The van der Waals surface area contributed by atoms with E-state index in [2.05, 4.69) is 6.07 Å². The zero-order chi connectivity index (χ0) is 19.7. The Morgan fingerprint density at radius 1 is 1.25 bits per heavy atom. The predicted molar refractivity (Wildman–Crippen MR) is 95.4 cm³/mol. The van der Waals surface area contributed by atoms with Crippen LogP contribution in [0, 0.1) is 17.2 Å². The number of hydrogen-bond donors (Lipinski definition) is 0. The van der Waals surface area contributed by atoms with Crippen LogP contribution < -0.4 is 4.90 Å². The summed E-state index contributed by atoms with van der Waals surface area (Å²) in [6.45, 7) is 0.467. The van der Waals surface area contributed by atoms with Crippen molar-refractivity contribution in [3.05, 3.63) is 29.8 Å². The fourth-order valence-corrected chi connectivity index (χ4v) is 4.04. The second kappa shape index (κ2) is 7.59. The van der Waals surface area contributed by atoms with E-state index in [9.17, 15) is 14.9 Å². The van der Waals surface area contributed by atoms with Gasteiger partial charge in [-0.3, -0.25) is 9.59 Å². The van der Waals surface area contributed by atoms with Crippen LogP contribution in [-0.4, -0.2) is 62.5 Å². The van der Waals surface area contributed by atoms with E-state index in [0.717, 1.165) is 0 Å². The molecular weight excluding hydrogens is 367 g/mol. The first-order valence-corrected chi connectivity index (χ1v) is 9.37. The molecule has 0 aromatic heterocycles. The van der Waals surface area contributed by atoms with E-state index in [1.807, 2.05) is 0 Å². The fraction of sp³-hybridized carbons (Fsp3) is 0.550. The van der Waals surface area contributed by atoms with Crippen LogP contribution in [0.5, 0.6) is 0 Å². The van der Waals surface area contributed by atoms with Crippen molar-refractivity contribution >= 4 is 17.3 Å². The van der Waals surface area contributed by atoms with E-state index in [4.69, 9.17) is 14.2 Å².